The highest BCUT2D eigenvalue weighted by Crippen LogP contribution is 2.26. The first-order valence-electron chi connectivity index (χ1n) is 6.34. The number of nitro groups is 1. The summed E-state index contributed by atoms with van der Waals surface area (Å²) < 4.78 is 0. The Bertz CT molecular complexity index is 559. The van der Waals surface area contributed by atoms with Gasteiger partial charge >= 0.3 is 0 Å². The van der Waals surface area contributed by atoms with E-state index in [1.54, 1.807) is 12.3 Å². The third-order valence-electron chi connectivity index (χ3n) is 3.47. The molecule has 2 aliphatic rings. The lowest BCUT2D eigenvalue weighted by Crippen LogP contribution is -2.41. The zero-order valence-corrected chi connectivity index (χ0v) is 11.5. The summed E-state index contributed by atoms with van der Waals surface area (Å²) in [6, 6.07) is 3.63. The van der Waals surface area contributed by atoms with E-state index in [4.69, 9.17) is 11.6 Å². The van der Waals surface area contributed by atoms with E-state index < -0.39 is 0 Å². The van der Waals surface area contributed by atoms with Crippen molar-refractivity contribution in [3.8, 4) is 0 Å². The van der Waals surface area contributed by atoms with Crippen LogP contribution in [0.25, 0.3) is 0 Å². The van der Waals surface area contributed by atoms with Crippen LogP contribution in [-0.4, -0.2) is 46.0 Å². The molecule has 0 aliphatic carbocycles. The van der Waals surface area contributed by atoms with Gasteiger partial charge < -0.3 is 9.80 Å². The summed E-state index contributed by atoms with van der Waals surface area (Å²) in [4.78, 5) is 18.9. The van der Waals surface area contributed by atoms with E-state index in [0.29, 0.717) is 24.9 Å². The Morgan fingerprint density at radius 2 is 2.30 bits per heavy atom. The van der Waals surface area contributed by atoms with Gasteiger partial charge in [-0.2, -0.15) is 0 Å². The number of nitrogens with zero attached hydrogens (tertiary/aromatic N) is 4. The minimum absolute atomic E-state index is 0.232. The molecule has 0 aromatic carbocycles. The summed E-state index contributed by atoms with van der Waals surface area (Å²) >= 11 is 5.76. The van der Waals surface area contributed by atoms with Gasteiger partial charge in [0.05, 0.1) is 18.1 Å². The number of pyridine rings is 1. The molecule has 1 saturated heterocycles. The number of aromatic nitrogens is 1. The molecule has 3 rings (SSSR count). The van der Waals surface area contributed by atoms with Crippen molar-refractivity contribution in [2.24, 2.45) is 0 Å². The quantitative estimate of drug-likeness (QED) is 0.506. The topological polar surface area (TPSA) is 74.5 Å². The number of nitrogens with one attached hydrogen (secondary N) is 1. The van der Waals surface area contributed by atoms with Crippen LogP contribution < -0.4 is 5.32 Å². The molecule has 1 N–H and O–H groups in total. The van der Waals surface area contributed by atoms with Crippen LogP contribution in [0.2, 0.25) is 5.15 Å². The van der Waals surface area contributed by atoms with Gasteiger partial charge in [0, 0.05) is 25.8 Å². The molecule has 0 spiro atoms. The van der Waals surface area contributed by atoms with Crippen molar-refractivity contribution in [2.75, 3.05) is 26.3 Å². The van der Waals surface area contributed by atoms with Gasteiger partial charge in [0.15, 0.2) is 5.82 Å². The molecule has 1 fully saturated rings. The molecule has 0 unspecified atom stereocenters. The first-order valence-corrected chi connectivity index (χ1v) is 6.71. The van der Waals surface area contributed by atoms with Crippen molar-refractivity contribution in [3.63, 3.8) is 0 Å². The maximum absolute atomic E-state index is 11.2. The molecule has 8 heteroatoms. The van der Waals surface area contributed by atoms with Crippen molar-refractivity contribution in [3.05, 3.63) is 50.7 Å². The standard InChI is InChI=1S/C12H14ClN5O2/c13-11-2-1-9(5-15-11)7-16-3-4-17-8-14-6-10(12(16)17)18(19)20/h1-2,5,14H,3-4,6-8H2. The van der Waals surface area contributed by atoms with Gasteiger partial charge in [0.1, 0.15) is 5.15 Å². The summed E-state index contributed by atoms with van der Waals surface area (Å²) in [7, 11) is 0. The molecule has 0 bridgehead atoms. The van der Waals surface area contributed by atoms with Crippen LogP contribution in [-0.2, 0) is 6.54 Å². The maximum Gasteiger partial charge on any atom is 0.299 e. The number of hydrogen-bond acceptors (Lipinski definition) is 6. The summed E-state index contributed by atoms with van der Waals surface area (Å²) in [5.41, 5.74) is 1.22. The van der Waals surface area contributed by atoms with Crippen molar-refractivity contribution >= 4 is 11.6 Å². The average molecular weight is 296 g/mol. The number of fused-ring (bicyclic) bond motifs is 1. The summed E-state index contributed by atoms with van der Waals surface area (Å²) in [5, 5.41) is 14.7. The number of halogens is 1. The van der Waals surface area contributed by atoms with Gasteiger partial charge in [-0.15, -0.1) is 0 Å². The Labute approximate surface area is 121 Å². The number of rotatable bonds is 3. The lowest BCUT2D eigenvalue weighted by atomic mass is 10.2. The van der Waals surface area contributed by atoms with E-state index in [1.807, 2.05) is 15.9 Å². The van der Waals surface area contributed by atoms with Crippen LogP contribution in [0.15, 0.2) is 29.8 Å². The Kier molecular flexibility index (Phi) is 3.45. The molecule has 106 valence electrons. The van der Waals surface area contributed by atoms with E-state index in [0.717, 1.165) is 24.5 Å². The lowest BCUT2D eigenvalue weighted by molar-refractivity contribution is -0.430. The molecule has 7 nitrogen and oxygen atoms in total. The van der Waals surface area contributed by atoms with Gasteiger partial charge in [-0.3, -0.25) is 15.4 Å². The zero-order valence-electron chi connectivity index (χ0n) is 10.8. The van der Waals surface area contributed by atoms with Crippen molar-refractivity contribution < 1.29 is 4.92 Å². The van der Waals surface area contributed by atoms with E-state index in [1.165, 1.54) is 0 Å². The summed E-state index contributed by atoms with van der Waals surface area (Å²) in [6.45, 7) is 3.13. The summed E-state index contributed by atoms with van der Waals surface area (Å²) in [5.74, 6) is 0.726. The van der Waals surface area contributed by atoms with Gasteiger partial charge in [-0.25, -0.2) is 4.98 Å². The highest BCUT2D eigenvalue weighted by Gasteiger charge is 2.36. The fraction of sp³-hybridized carbons (Fsp3) is 0.417. The molecule has 2 aliphatic heterocycles. The zero-order chi connectivity index (χ0) is 14.1. The van der Waals surface area contributed by atoms with Crippen molar-refractivity contribution in [1.29, 1.82) is 0 Å². The van der Waals surface area contributed by atoms with Gasteiger partial charge in [-0.05, 0) is 11.6 Å². The van der Waals surface area contributed by atoms with Gasteiger partial charge in [0.25, 0.3) is 5.70 Å². The minimum Gasteiger partial charge on any atom is -0.347 e. The highest BCUT2D eigenvalue weighted by molar-refractivity contribution is 6.29. The molecule has 1 aromatic heterocycles. The monoisotopic (exact) mass is 295 g/mol. The first-order chi connectivity index (χ1) is 9.65. The van der Waals surface area contributed by atoms with Crippen LogP contribution in [0.3, 0.4) is 0 Å². The molecule has 0 saturated carbocycles. The second-order valence-electron chi connectivity index (χ2n) is 4.79. The molecule has 0 amide bonds. The molecule has 1 aromatic rings. The largest absolute Gasteiger partial charge is 0.347 e. The molecular formula is C12H14ClN5O2. The molecular weight excluding hydrogens is 282 g/mol. The third-order valence-corrected chi connectivity index (χ3v) is 3.70. The van der Waals surface area contributed by atoms with E-state index in [9.17, 15) is 10.1 Å². The highest BCUT2D eigenvalue weighted by atomic mass is 35.5. The van der Waals surface area contributed by atoms with Gasteiger partial charge in [-0.1, -0.05) is 17.7 Å². The van der Waals surface area contributed by atoms with Crippen LogP contribution in [0, 0.1) is 10.1 Å². The van der Waals surface area contributed by atoms with Crippen molar-refractivity contribution in [2.45, 2.75) is 6.54 Å². The second-order valence-corrected chi connectivity index (χ2v) is 5.17. The predicted molar refractivity (Wildman–Crippen MR) is 73.3 cm³/mol. The van der Waals surface area contributed by atoms with E-state index in [-0.39, 0.29) is 10.6 Å². The Balaban J connectivity index is 1.86. The SMILES string of the molecule is O=[N+]([O-])C1=C2N(CCN2Cc2ccc(Cl)nc2)CNC1. The third kappa shape index (κ3) is 2.41. The molecule has 0 atom stereocenters. The van der Waals surface area contributed by atoms with E-state index >= 15 is 0 Å². The van der Waals surface area contributed by atoms with Gasteiger partial charge in [0.2, 0.25) is 0 Å². The normalized spacial score (nSPS) is 18.4. The maximum atomic E-state index is 11.2. The lowest BCUT2D eigenvalue weighted by Gasteiger charge is -2.28. The molecule has 20 heavy (non-hydrogen) atoms. The first kappa shape index (κ1) is 13.1. The average Bonchev–Trinajstić information content (AvgIpc) is 2.84. The fourth-order valence-electron chi connectivity index (χ4n) is 2.58. The van der Waals surface area contributed by atoms with Crippen molar-refractivity contribution in [1.82, 2.24) is 20.1 Å². The Hall–Kier alpha value is -1.86. The van der Waals surface area contributed by atoms with Crippen LogP contribution >= 0.6 is 11.6 Å². The fourth-order valence-corrected chi connectivity index (χ4v) is 2.69. The predicted octanol–water partition coefficient (Wildman–Crippen LogP) is 0.859. The minimum atomic E-state index is -0.299. The smallest absolute Gasteiger partial charge is 0.299 e. The molecule has 3 heterocycles. The van der Waals surface area contributed by atoms with Crippen LogP contribution in [0.5, 0.6) is 0 Å². The molecule has 0 radical (unpaired) electrons. The Morgan fingerprint density at radius 3 is 3.00 bits per heavy atom. The second kappa shape index (κ2) is 5.26. The van der Waals surface area contributed by atoms with Crippen LogP contribution in [0.1, 0.15) is 5.56 Å². The van der Waals surface area contributed by atoms with Crippen LogP contribution in [0.4, 0.5) is 0 Å². The van der Waals surface area contributed by atoms with E-state index in [2.05, 4.69) is 10.3 Å². The number of hydrogen-bond donors (Lipinski definition) is 1. The Morgan fingerprint density at radius 1 is 1.45 bits per heavy atom. The summed E-state index contributed by atoms with van der Waals surface area (Å²) in [6.07, 6.45) is 1.71.